The molecular weight excluding hydrogens is 459 g/mol. The molecule has 0 radical (unpaired) electrons. The van der Waals surface area contributed by atoms with Crippen molar-refractivity contribution in [3.63, 3.8) is 0 Å². The van der Waals surface area contributed by atoms with Gasteiger partial charge in [-0.15, -0.1) is 35.3 Å². The third kappa shape index (κ3) is 7.20. The molecule has 0 aliphatic carbocycles. The predicted molar refractivity (Wildman–Crippen MR) is 121 cm³/mol. The number of guanidine groups is 1. The van der Waals surface area contributed by atoms with Crippen LogP contribution in [0.5, 0.6) is 0 Å². The molecule has 0 saturated carbocycles. The van der Waals surface area contributed by atoms with E-state index in [2.05, 4.69) is 39.8 Å². The van der Waals surface area contributed by atoms with Crippen LogP contribution in [0, 0.1) is 0 Å². The van der Waals surface area contributed by atoms with Crippen LogP contribution in [0.25, 0.3) is 0 Å². The van der Waals surface area contributed by atoms with E-state index < -0.39 is 0 Å². The lowest BCUT2D eigenvalue weighted by Gasteiger charge is -2.18. The number of aliphatic imine (C=N–C) groups is 1. The van der Waals surface area contributed by atoms with Crippen LogP contribution in [0.3, 0.4) is 0 Å². The standard InChI is InChI=1S/C19H28N4OS.HI/c1-14(2)18-23-17(13-25-18)9-10-21-19(20-3)22-11-16(12-24)15-7-5-4-6-8-15;/h4-8,13-14,16,24H,9-12H2,1-3H3,(H2,20,21,22);1H. The molecule has 2 rings (SSSR count). The SMILES string of the molecule is CN=C(NCCc1csc(C(C)C)n1)NCC(CO)c1ccccc1.I. The van der Waals surface area contributed by atoms with Gasteiger partial charge in [-0.05, 0) is 5.56 Å². The Kier molecular flexibility index (Phi) is 10.8. The number of aliphatic hydroxyl groups excluding tert-OH is 1. The number of halogens is 1. The van der Waals surface area contributed by atoms with Crippen molar-refractivity contribution in [2.45, 2.75) is 32.1 Å². The molecule has 3 N–H and O–H groups in total. The van der Waals surface area contributed by atoms with Gasteiger partial charge in [0.1, 0.15) is 0 Å². The Labute approximate surface area is 177 Å². The number of hydrogen-bond donors (Lipinski definition) is 3. The van der Waals surface area contributed by atoms with E-state index in [0.717, 1.165) is 30.2 Å². The average Bonchev–Trinajstić information content (AvgIpc) is 3.11. The fraction of sp³-hybridized carbons (Fsp3) is 0.474. The van der Waals surface area contributed by atoms with Gasteiger partial charge in [0.05, 0.1) is 17.3 Å². The van der Waals surface area contributed by atoms with Crippen molar-refractivity contribution in [1.82, 2.24) is 15.6 Å². The second-order valence-corrected chi connectivity index (χ2v) is 7.14. The zero-order valence-corrected chi connectivity index (χ0v) is 18.8. The van der Waals surface area contributed by atoms with Gasteiger partial charge < -0.3 is 15.7 Å². The Hall–Kier alpha value is -1.19. The van der Waals surface area contributed by atoms with Gasteiger partial charge in [-0.3, -0.25) is 4.99 Å². The van der Waals surface area contributed by atoms with E-state index in [0.29, 0.717) is 12.5 Å². The number of aliphatic hydroxyl groups is 1. The Balaban J connectivity index is 0.00000338. The lowest BCUT2D eigenvalue weighted by atomic mass is 10.0. The van der Waals surface area contributed by atoms with E-state index in [4.69, 9.17) is 0 Å². The van der Waals surface area contributed by atoms with Crippen LogP contribution < -0.4 is 10.6 Å². The van der Waals surface area contributed by atoms with Crippen molar-refractivity contribution in [3.8, 4) is 0 Å². The number of rotatable bonds is 8. The quantitative estimate of drug-likeness (QED) is 0.303. The van der Waals surface area contributed by atoms with Gasteiger partial charge in [-0.2, -0.15) is 0 Å². The molecule has 144 valence electrons. The molecule has 1 heterocycles. The molecule has 0 bridgehead atoms. The van der Waals surface area contributed by atoms with Crippen LogP contribution in [0.4, 0.5) is 0 Å². The Morgan fingerprint density at radius 1 is 1.23 bits per heavy atom. The fourth-order valence-corrected chi connectivity index (χ4v) is 3.33. The Morgan fingerprint density at radius 3 is 2.54 bits per heavy atom. The van der Waals surface area contributed by atoms with Gasteiger partial charge >= 0.3 is 0 Å². The molecule has 0 saturated heterocycles. The van der Waals surface area contributed by atoms with Crippen LogP contribution in [0.1, 0.15) is 41.9 Å². The summed E-state index contributed by atoms with van der Waals surface area (Å²) in [5.74, 6) is 1.27. The summed E-state index contributed by atoms with van der Waals surface area (Å²) in [7, 11) is 1.76. The first-order valence-corrected chi connectivity index (χ1v) is 9.56. The highest BCUT2D eigenvalue weighted by Gasteiger charge is 2.11. The Bertz CT molecular complexity index is 661. The highest BCUT2D eigenvalue weighted by molar-refractivity contribution is 14.0. The first kappa shape index (κ1) is 22.9. The maximum atomic E-state index is 9.63. The van der Waals surface area contributed by atoms with E-state index >= 15 is 0 Å². The number of aromatic nitrogens is 1. The summed E-state index contributed by atoms with van der Waals surface area (Å²) in [6, 6.07) is 10.0. The van der Waals surface area contributed by atoms with Crippen LogP contribution in [0.2, 0.25) is 0 Å². The molecular formula is C19H29IN4OS. The van der Waals surface area contributed by atoms with E-state index in [1.54, 1.807) is 18.4 Å². The molecule has 0 aliphatic heterocycles. The highest BCUT2D eigenvalue weighted by atomic mass is 127. The van der Waals surface area contributed by atoms with Gasteiger partial charge in [0.2, 0.25) is 0 Å². The van der Waals surface area contributed by atoms with Gasteiger partial charge in [0, 0.05) is 43.8 Å². The van der Waals surface area contributed by atoms with Crippen molar-refractivity contribution >= 4 is 41.3 Å². The number of nitrogens with one attached hydrogen (secondary N) is 2. The second kappa shape index (κ2) is 12.2. The van der Waals surface area contributed by atoms with Crippen molar-refractivity contribution < 1.29 is 5.11 Å². The monoisotopic (exact) mass is 488 g/mol. The third-order valence-corrected chi connectivity index (χ3v) is 5.16. The average molecular weight is 488 g/mol. The van der Waals surface area contributed by atoms with E-state index in [1.165, 1.54) is 5.01 Å². The van der Waals surface area contributed by atoms with Crippen molar-refractivity contribution in [2.75, 3.05) is 26.7 Å². The van der Waals surface area contributed by atoms with E-state index in [-0.39, 0.29) is 36.5 Å². The zero-order chi connectivity index (χ0) is 18.1. The molecule has 2 aromatic rings. The number of thiazole rings is 1. The second-order valence-electron chi connectivity index (χ2n) is 6.25. The molecule has 7 heteroatoms. The number of hydrogen-bond acceptors (Lipinski definition) is 4. The van der Waals surface area contributed by atoms with Gasteiger partial charge in [0.25, 0.3) is 0 Å². The van der Waals surface area contributed by atoms with Crippen molar-refractivity contribution in [1.29, 1.82) is 0 Å². The topological polar surface area (TPSA) is 69.5 Å². The van der Waals surface area contributed by atoms with E-state index in [9.17, 15) is 5.11 Å². The number of benzene rings is 1. The summed E-state index contributed by atoms with van der Waals surface area (Å²) in [6.45, 7) is 5.84. The van der Waals surface area contributed by atoms with Gasteiger partial charge in [0.15, 0.2) is 5.96 Å². The molecule has 0 fully saturated rings. The van der Waals surface area contributed by atoms with Crippen LogP contribution in [0.15, 0.2) is 40.7 Å². The number of nitrogens with zero attached hydrogens (tertiary/aromatic N) is 2. The summed E-state index contributed by atoms with van der Waals surface area (Å²) in [5.41, 5.74) is 2.24. The predicted octanol–water partition coefficient (Wildman–Crippen LogP) is 3.37. The lowest BCUT2D eigenvalue weighted by Crippen LogP contribution is -2.40. The minimum absolute atomic E-state index is 0. The maximum absolute atomic E-state index is 9.63. The molecule has 1 atom stereocenters. The molecule has 5 nitrogen and oxygen atoms in total. The minimum atomic E-state index is 0. The fourth-order valence-electron chi connectivity index (χ4n) is 2.47. The van der Waals surface area contributed by atoms with Crippen LogP contribution in [-0.4, -0.2) is 42.8 Å². The van der Waals surface area contributed by atoms with Crippen molar-refractivity contribution in [3.05, 3.63) is 52.0 Å². The highest BCUT2D eigenvalue weighted by Crippen LogP contribution is 2.19. The summed E-state index contributed by atoms with van der Waals surface area (Å²) in [4.78, 5) is 8.89. The Morgan fingerprint density at radius 2 is 1.96 bits per heavy atom. The zero-order valence-electron chi connectivity index (χ0n) is 15.6. The lowest BCUT2D eigenvalue weighted by molar-refractivity contribution is 0.265. The van der Waals surface area contributed by atoms with Crippen LogP contribution in [-0.2, 0) is 6.42 Å². The summed E-state index contributed by atoms with van der Waals surface area (Å²) < 4.78 is 0. The molecule has 0 amide bonds. The largest absolute Gasteiger partial charge is 0.396 e. The summed E-state index contributed by atoms with van der Waals surface area (Å²) in [6.07, 6.45) is 0.867. The molecule has 0 aliphatic rings. The van der Waals surface area contributed by atoms with Gasteiger partial charge in [-0.25, -0.2) is 4.98 Å². The third-order valence-electron chi connectivity index (χ3n) is 3.97. The minimum Gasteiger partial charge on any atom is -0.396 e. The van der Waals surface area contributed by atoms with Crippen molar-refractivity contribution in [2.24, 2.45) is 4.99 Å². The summed E-state index contributed by atoms with van der Waals surface area (Å²) in [5, 5.41) is 19.5. The van der Waals surface area contributed by atoms with Crippen LogP contribution >= 0.6 is 35.3 Å². The van der Waals surface area contributed by atoms with Gasteiger partial charge in [-0.1, -0.05) is 44.2 Å². The first-order chi connectivity index (χ1) is 12.1. The molecule has 1 aromatic heterocycles. The summed E-state index contributed by atoms with van der Waals surface area (Å²) >= 11 is 1.72. The molecule has 26 heavy (non-hydrogen) atoms. The van der Waals surface area contributed by atoms with E-state index in [1.807, 2.05) is 30.3 Å². The maximum Gasteiger partial charge on any atom is 0.191 e. The normalized spacial score (nSPS) is 12.6. The molecule has 1 aromatic carbocycles. The molecule has 0 spiro atoms. The molecule has 1 unspecified atom stereocenters. The smallest absolute Gasteiger partial charge is 0.191 e. The first-order valence-electron chi connectivity index (χ1n) is 8.68.